The molecule has 2 aromatic rings. The summed E-state index contributed by atoms with van der Waals surface area (Å²) in [7, 11) is 0.617. The van der Waals surface area contributed by atoms with E-state index in [0.717, 1.165) is 4.31 Å². The number of ether oxygens (including phenoxy) is 2. The van der Waals surface area contributed by atoms with E-state index in [-0.39, 0.29) is 17.2 Å². The van der Waals surface area contributed by atoms with E-state index >= 15 is 0 Å². The van der Waals surface area contributed by atoms with E-state index in [1.807, 2.05) is 0 Å². The molecule has 0 aliphatic heterocycles. The van der Waals surface area contributed by atoms with E-state index in [1.165, 1.54) is 33.2 Å². The van der Waals surface area contributed by atoms with Gasteiger partial charge in [0.05, 0.1) is 24.7 Å². The first-order valence-electron chi connectivity index (χ1n) is 9.48. The highest BCUT2D eigenvalue weighted by Crippen LogP contribution is 2.26. The molecule has 1 atom stereocenters. The molecule has 0 saturated heterocycles. The molecule has 0 amide bonds. The van der Waals surface area contributed by atoms with Gasteiger partial charge in [-0.2, -0.15) is 4.31 Å². The Kier molecular flexibility index (Phi) is 7.10. The van der Waals surface area contributed by atoms with Gasteiger partial charge in [-0.15, -0.1) is 0 Å². The zero-order valence-electron chi connectivity index (χ0n) is 18.3. The van der Waals surface area contributed by atoms with Crippen molar-refractivity contribution in [3.63, 3.8) is 0 Å². The summed E-state index contributed by atoms with van der Waals surface area (Å²) in [5, 5.41) is 0. The molecule has 0 radical (unpaired) electrons. The highest BCUT2D eigenvalue weighted by molar-refractivity contribution is 7.89. The first-order chi connectivity index (χ1) is 14.0. The number of benzene rings is 1. The van der Waals surface area contributed by atoms with Crippen molar-refractivity contribution in [3.8, 4) is 5.75 Å². The maximum atomic E-state index is 13.3. The molecular weight excluding hydrogens is 408 g/mol. The lowest BCUT2D eigenvalue weighted by molar-refractivity contribution is 0.0514. The Morgan fingerprint density at radius 2 is 1.73 bits per heavy atom. The van der Waals surface area contributed by atoms with E-state index in [4.69, 9.17) is 9.47 Å². The van der Waals surface area contributed by atoms with Gasteiger partial charge in [-0.25, -0.2) is 13.2 Å². The molecule has 164 valence electrons. The van der Waals surface area contributed by atoms with Gasteiger partial charge in [-0.05, 0) is 57.5 Å². The second-order valence-corrected chi connectivity index (χ2v) is 8.95. The molecule has 1 heterocycles. The van der Waals surface area contributed by atoms with Crippen molar-refractivity contribution in [2.45, 2.75) is 38.6 Å². The lowest BCUT2D eigenvalue weighted by Gasteiger charge is -2.23. The Morgan fingerprint density at radius 3 is 2.23 bits per heavy atom. The third-order valence-electron chi connectivity index (χ3n) is 5.31. The van der Waals surface area contributed by atoms with Crippen molar-refractivity contribution >= 4 is 21.8 Å². The largest absolute Gasteiger partial charge is 0.497 e. The zero-order chi connectivity index (χ0) is 22.8. The SMILES string of the molecule is CCOC(=O)c1c(C)c(C(=O)C(C)N(C)S(=O)(=O)c2ccc(OC)cc2)c(C)n1C. The quantitative estimate of drug-likeness (QED) is 0.466. The van der Waals surface area contributed by atoms with Crippen LogP contribution >= 0.6 is 0 Å². The topological polar surface area (TPSA) is 94.9 Å². The predicted molar refractivity (Wildman–Crippen MR) is 113 cm³/mol. The molecule has 9 heteroatoms. The molecule has 0 aliphatic carbocycles. The van der Waals surface area contributed by atoms with E-state index < -0.39 is 27.8 Å². The molecule has 0 N–H and O–H groups in total. The Labute approximate surface area is 177 Å². The first kappa shape index (κ1) is 23.6. The number of nitrogens with zero attached hydrogens (tertiary/aromatic N) is 2. The average Bonchev–Trinajstić information content (AvgIpc) is 2.94. The van der Waals surface area contributed by atoms with E-state index in [0.29, 0.717) is 22.6 Å². The number of carbonyl (C=O) groups is 2. The zero-order valence-corrected chi connectivity index (χ0v) is 19.2. The molecular formula is C21H28N2O6S. The Hall–Kier alpha value is -2.65. The Balaban J connectivity index is 2.41. The van der Waals surface area contributed by atoms with Crippen LogP contribution in [0.4, 0.5) is 0 Å². The minimum atomic E-state index is -3.91. The van der Waals surface area contributed by atoms with Gasteiger partial charge in [0.25, 0.3) is 0 Å². The summed E-state index contributed by atoms with van der Waals surface area (Å²) < 4.78 is 38.8. The van der Waals surface area contributed by atoms with Crippen molar-refractivity contribution in [1.82, 2.24) is 8.87 Å². The number of likely N-dealkylation sites (N-methyl/N-ethyl adjacent to an activating group) is 1. The molecule has 0 fully saturated rings. The van der Waals surface area contributed by atoms with Crippen molar-refractivity contribution in [3.05, 3.63) is 46.8 Å². The van der Waals surface area contributed by atoms with Crippen LogP contribution in [-0.4, -0.2) is 55.8 Å². The fraction of sp³-hybridized carbons (Fsp3) is 0.429. The predicted octanol–water partition coefficient (Wildman–Crippen LogP) is 2.72. The van der Waals surface area contributed by atoms with Crippen molar-refractivity contribution in [2.75, 3.05) is 20.8 Å². The fourth-order valence-electron chi connectivity index (χ4n) is 3.33. The molecule has 8 nitrogen and oxygen atoms in total. The number of esters is 1. The van der Waals surface area contributed by atoms with E-state index in [1.54, 1.807) is 44.5 Å². The number of sulfonamides is 1. The molecule has 0 bridgehead atoms. The van der Waals surface area contributed by atoms with Crippen LogP contribution in [0.15, 0.2) is 29.2 Å². The van der Waals surface area contributed by atoms with Crippen LogP contribution < -0.4 is 4.74 Å². The summed E-state index contributed by atoms with van der Waals surface area (Å²) in [5.74, 6) is -0.384. The minimum Gasteiger partial charge on any atom is -0.497 e. The molecule has 0 spiro atoms. The number of Topliss-reactive ketones (excluding diaryl/α,β-unsaturated/α-hetero) is 1. The highest BCUT2D eigenvalue weighted by Gasteiger charge is 2.34. The fourth-order valence-corrected chi connectivity index (χ4v) is 4.65. The van der Waals surface area contributed by atoms with Gasteiger partial charge < -0.3 is 14.0 Å². The third kappa shape index (κ3) is 4.13. The second-order valence-electron chi connectivity index (χ2n) is 6.95. The summed E-state index contributed by atoms with van der Waals surface area (Å²) >= 11 is 0. The number of rotatable bonds is 8. The lowest BCUT2D eigenvalue weighted by Crippen LogP contribution is -2.40. The van der Waals surface area contributed by atoms with Gasteiger partial charge in [-0.3, -0.25) is 4.79 Å². The third-order valence-corrected chi connectivity index (χ3v) is 7.25. The van der Waals surface area contributed by atoms with E-state index in [9.17, 15) is 18.0 Å². The highest BCUT2D eigenvalue weighted by atomic mass is 32.2. The number of hydrogen-bond donors (Lipinski definition) is 0. The lowest BCUT2D eigenvalue weighted by atomic mass is 10.0. The van der Waals surface area contributed by atoms with Gasteiger partial charge in [0, 0.05) is 25.4 Å². The van der Waals surface area contributed by atoms with Crippen molar-refractivity contribution in [2.24, 2.45) is 7.05 Å². The standard InChI is InChI=1S/C21H28N2O6S/c1-8-29-21(25)19-13(2)18(14(3)22(19)5)20(24)15(4)23(6)30(26,27)17-11-9-16(28-7)10-12-17/h9-12,15H,8H2,1-7H3. The van der Waals surface area contributed by atoms with Crippen LogP contribution in [0, 0.1) is 13.8 Å². The number of ketones is 1. The summed E-state index contributed by atoms with van der Waals surface area (Å²) in [5.41, 5.74) is 1.65. The van der Waals surface area contributed by atoms with Gasteiger partial charge >= 0.3 is 5.97 Å². The number of hydrogen-bond acceptors (Lipinski definition) is 6. The number of aromatic nitrogens is 1. The van der Waals surface area contributed by atoms with Crippen LogP contribution in [0.2, 0.25) is 0 Å². The monoisotopic (exact) mass is 436 g/mol. The second kappa shape index (κ2) is 9.01. The molecule has 1 aromatic heterocycles. The molecule has 0 saturated carbocycles. The number of methoxy groups -OCH3 is 1. The number of carbonyl (C=O) groups excluding carboxylic acids is 2. The van der Waals surface area contributed by atoms with Gasteiger partial charge in [-0.1, -0.05) is 0 Å². The van der Waals surface area contributed by atoms with Crippen LogP contribution in [0.1, 0.15) is 46.0 Å². The van der Waals surface area contributed by atoms with Crippen LogP contribution in [0.3, 0.4) is 0 Å². The van der Waals surface area contributed by atoms with E-state index in [2.05, 4.69) is 0 Å². The summed E-state index contributed by atoms with van der Waals surface area (Å²) in [4.78, 5) is 25.6. The summed E-state index contributed by atoms with van der Waals surface area (Å²) in [6.45, 7) is 6.82. The van der Waals surface area contributed by atoms with Gasteiger partial charge in [0.15, 0.2) is 5.78 Å². The maximum absolute atomic E-state index is 13.3. The molecule has 1 unspecified atom stereocenters. The van der Waals surface area contributed by atoms with Crippen molar-refractivity contribution < 1.29 is 27.5 Å². The minimum absolute atomic E-state index is 0.0548. The summed E-state index contributed by atoms with van der Waals surface area (Å²) in [6, 6.07) is 4.97. The average molecular weight is 437 g/mol. The van der Waals surface area contributed by atoms with Crippen LogP contribution in [-0.2, 0) is 21.8 Å². The molecule has 0 aliphatic rings. The molecule has 1 aromatic carbocycles. The van der Waals surface area contributed by atoms with Gasteiger partial charge in [0.2, 0.25) is 10.0 Å². The van der Waals surface area contributed by atoms with Gasteiger partial charge in [0.1, 0.15) is 11.4 Å². The Bertz CT molecular complexity index is 1050. The Morgan fingerprint density at radius 1 is 1.17 bits per heavy atom. The normalized spacial score (nSPS) is 12.7. The van der Waals surface area contributed by atoms with Crippen LogP contribution in [0.5, 0.6) is 5.75 Å². The molecule has 2 rings (SSSR count). The smallest absolute Gasteiger partial charge is 0.355 e. The van der Waals surface area contributed by atoms with Crippen molar-refractivity contribution in [1.29, 1.82) is 0 Å². The first-order valence-corrected chi connectivity index (χ1v) is 10.9. The summed E-state index contributed by atoms with van der Waals surface area (Å²) in [6.07, 6.45) is 0. The molecule has 30 heavy (non-hydrogen) atoms. The maximum Gasteiger partial charge on any atom is 0.355 e. The van der Waals surface area contributed by atoms with Crippen LogP contribution in [0.25, 0.3) is 0 Å².